The Labute approximate surface area is 115 Å². The third kappa shape index (κ3) is 3.52. The maximum absolute atomic E-state index is 11.7. The average Bonchev–Trinajstić information content (AvgIpc) is 2.39. The van der Waals surface area contributed by atoms with Gasteiger partial charge in [-0.3, -0.25) is 9.59 Å². The lowest BCUT2D eigenvalue weighted by Gasteiger charge is -2.04. The predicted molar refractivity (Wildman–Crippen MR) is 75.6 cm³/mol. The van der Waals surface area contributed by atoms with Gasteiger partial charge in [0.25, 0.3) is 11.5 Å². The molecule has 102 valence electrons. The van der Waals surface area contributed by atoms with Gasteiger partial charge in [-0.2, -0.15) is 0 Å². The molecule has 0 atom stereocenters. The van der Waals surface area contributed by atoms with Crippen LogP contribution in [0.2, 0.25) is 0 Å². The number of para-hydroxylation sites is 1. The molecule has 0 fully saturated rings. The van der Waals surface area contributed by atoms with E-state index < -0.39 is 5.91 Å². The lowest BCUT2D eigenvalue weighted by atomic mass is 10.2. The first-order valence-corrected chi connectivity index (χ1v) is 5.69. The Morgan fingerprint density at radius 1 is 1.37 bits per heavy atom. The minimum Gasteiger partial charge on any atom is -0.349 e. The fraction of sp³-hybridized carbons (Fsp3) is 0.250. The van der Waals surface area contributed by atoms with Crippen molar-refractivity contribution in [3.63, 3.8) is 0 Å². The zero-order valence-corrected chi connectivity index (χ0v) is 11.0. The summed E-state index contributed by atoms with van der Waals surface area (Å²) in [5, 5.41) is 3.11. The summed E-state index contributed by atoms with van der Waals surface area (Å²) in [5.74, 6) is -0.373. The number of hydrogen-bond acceptors (Lipinski definition) is 4. The topological polar surface area (TPSA) is 101 Å². The molecule has 0 saturated heterocycles. The third-order valence-corrected chi connectivity index (χ3v) is 2.49. The Balaban J connectivity index is 0.00000180. The maximum atomic E-state index is 11.7. The van der Waals surface area contributed by atoms with E-state index in [1.807, 2.05) is 0 Å². The summed E-state index contributed by atoms with van der Waals surface area (Å²) in [6.45, 7) is 0.966. The van der Waals surface area contributed by atoms with Gasteiger partial charge in [-0.15, -0.1) is 12.4 Å². The van der Waals surface area contributed by atoms with Crippen LogP contribution < -0.4 is 16.6 Å². The first-order valence-electron chi connectivity index (χ1n) is 5.69. The molecule has 4 N–H and O–H groups in total. The highest BCUT2D eigenvalue weighted by atomic mass is 35.5. The summed E-state index contributed by atoms with van der Waals surface area (Å²) in [7, 11) is 0. The number of benzene rings is 1. The van der Waals surface area contributed by atoms with Gasteiger partial charge in [-0.1, -0.05) is 12.1 Å². The normalized spacial score (nSPS) is 9.95. The lowest BCUT2D eigenvalue weighted by Crippen LogP contribution is -2.29. The van der Waals surface area contributed by atoms with Crippen molar-refractivity contribution >= 4 is 29.2 Å². The van der Waals surface area contributed by atoms with Gasteiger partial charge in [0.2, 0.25) is 0 Å². The second kappa shape index (κ2) is 6.86. The maximum Gasteiger partial charge on any atom is 0.287 e. The number of nitrogens with zero attached hydrogens (tertiary/aromatic N) is 1. The van der Waals surface area contributed by atoms with Crippen LogP contribution in [0.5, 0.6) is 0 Å². The van der Waals surface area contributed by atoms with Gasteiger partial charge in [0.05, 0.1) is 10.9 Å². The summed E-state index contributed by atoms with van der Waals surface area (Å²) in [5.41, 5.74) is 5.52. The number of carbonyl (C=O) groups is 1. The van der Waals surface area contributed by atoms with Crippen molar-refractivity contribution in [1.29, 1.82) is 0 Å². The molecule has 19 heavy (non-hydrogen) atoms. The number of carbonyl (C=O) groups excluding carboxylic acids is 1. The van der Waals surface area contributed by atoms with Crippen molar-refractivity contribution in [3.05, 3.63) is 40.4 Å². The average molecular weight is 283 g/mol. The van der Waals surface area contributed by atoms with Crippen LogP contribution in [0.4, 0.5) is 0 Å². The fourth-order valence-electron chi connectivity index (χ4n) is 1.58. The van der Waals surface area contributed by atoms with Crippen LogP contribution in [-0.4, -0.2) is 29.0 Å². The molecule has 2 rings (SSSR count). The number of nitrogens with two attached hydrogens (primary N) is 1. The zero-order valence-electron chi connectivity index (χ0n) is 10.2. The van der Waals surface area contributed by atoms with E-state index in [1.54, 1.807) is 24.3 Å². The van der Waals surface area contributed by atoms with Crippen LogP contribution in [0.1, 0.15) is 17.0 Å². The molecule has 1 aromatic carbocycles. The van der Waals surface area contributed by atoms with E-state index in [0.717, 1.165) is 0 Å². The van der Waals surface area contributed by atoms with Crippen LogP contribution in [0, 0.1) is 0 Å². The molecule has 0 aliphatic heterocycles. The molecule has 1 amide bonds. The van der Waals surface area contributed by atoms with Crippen molar-refractivity contribution in [2.24, 2.45) is 5.73 Å². The largest absolute Gasteiger partial charge is 0.349 e. The quantitative estimate of drug-likeness (QED) is 0.708. The first kappa shape index (κ1) is 15.1. The van der Waals surface area contributed by atoms with E-state index in [-0.39, 0.29) is 23.8 Å². The highest BCUT2D eigenvalue weighted by molar-refractivity contribution is 5.92. The Bertz CT molecular complexity index is 626. The van der Waals surface area contributed by atoms with Crippen LogP contribution in [-0.2, 0) is 0 Å². The SMILES string of the molecule is Cl.NCCCNC(=O)c1nc2ccccc2c(=O)[nH]1. The number of amides is 1. The number of fused-ring (bicyclic) bond motifs is 1. The lowest BCUT2D eigenvalue weighted by molar-refractivity contribution is 0.0943. The van der Waals surface area contributed by atoms with E-state index in [2.05, 4.69) is 15.3 Å². The molecule has 1 aromatic heterocycles. The predicted octanol–water partition coefficient (Wildman–Crippen LogP) is 0.423. The highest BCUT2D eigenvalue weighted by Crippen LogP contribution is 2.05. The summed E-state index contributed by atoms with van der Waals surface area (Å²) in [6.07, 6.45) is 0.684. The smallest absolute Gasteiger partial charge is 0.287 e. The molecule has 0 saturated carbocycles. The van der Waals surface area contributed by atoms with Crippen molar-refractivity contribution in [3.8, 4) is 0 Å². The van der Waals surface area contributed by atoms with E-state index in [4.69, 9.17) is 5.73 Å². The second-order valence-electron chi connectivity index (χ2n) is 3.83. The molecule has 0 aliphatic carbocycles. The zero-order chi connectivity index (χ0) is 13.0. The Morgan fingerprint density at radius 3 is 2.84 bits per heavy atom. The number of nitrogens with one attached hydrogen (secondary N) is 2. The summed E-state index contributed by atoms with van der Waals surface area (Å²) < 4.78 is 0. The van der Waals surface area contributed by atoms with Crippen molar-refractivity contribution in [2.45, 2.75) is 6.42 Å². The molecule has 7 heteroatoms. The van der Waals surface area contributed by atoms with Crippen molar-refractivity contribution in [1.82, 2.24) is 15.3 Å². The number of hydrogen-bond donors (Lipinski definition) is 3. The van der Waals surface area contributed by atoms with E-state index in [0.29, 0.717) is 30.4 Å². The van der Waals surface area contributed by atoms with E-state index >= 15 is 0 Å². The van der Waals surface area contributed by atoms with Crippen LogP contribution in [0.3, 0.4) is 0 Å². The molecule has 6 nitrogen and oxygen atoms in total. The monoisotopic (exact) mass is 282 g/mol. The highest BCUT2D eigenvalue weighted by Gasteiger charge is 2.10. The van der Waals surface area contributed by atoms with Gasteiger partial charge in [0, 0.05) is 6.54 Å². The molecule has 0 spiro atoms. The van der Waals surface area contributed by atoms with Crippen molar-refractivity contribution in [2.75, 3.05) is 13.1 Å². The van der Waals surface area contributed by atoms with Gasteiger partial charge in [-0.25, -0.2) is 4.98 Å². The van der Waals surface area contributed by atoms with Gasteiger partial charge >= 0.3 is 0 Å². The van der Waals surface area contributed by atoms with Crippen LogP contribution in [0.25, 0.3) is 10.9 Å². The molecular weight excluding hydrogens is 268 g/mol. The Hall–Kier alpha value is -1.92. The first-order chi connectivity index (χ1) is 8.72. The minimum absolute atomic E-state index is 0. The number of H-pyrrole nitrogens is 1. The molecule has 0 radical (unpaired) electrons. The minimum atomic E-state index is -0.397. The van der Waals surface area contributed by atoms with Gasteiger partial charge in [0.1, 0.15) is 0 Å². The number of rotatable bonds is 4. The van der Waals surface area contributed by atoms with Crippen molar-refractivity contribution < 1.29 is 4.79 Å². The van der Waals surface area contributed by atoms with Gasteiger partial charge < -0.3 is 16.0 Å². The molecule has 2 aromatic rings. The van der Waals surface area contributed by atoms with Crippen LogP contribution >= 0.6 is 12.4 Å². The van der Waals surface area contributed by atoms with Gasteiger partial charge in [-0.05, 0) is 25.1 Å². The molecule has 1 heterocycles. The third-order valence-electron chi connectivity index (χ3n) is 2.49. The molecule has 0 aliphatic rings. The molecular formula is C12H15ClN4O2. The van der Waals surface area contributed by atoms with E-state index in [9.17, 15) is 9.59 Å². The molecule has 0 unspecified atom stereocenters. The summed E-state index contributed by atoms with van der Waals surface area (Å²) >= 11 is 0. The van der Waals surface area contributed by atoms with Gasteiger partial charge in [0.15, 0.2) is 5.82 Å². The standard InChI is InChI=1S/C12H14N4O2.ClH/c13-6-3-7-14-12(18)10-15-9-5-2-1-4-8(9)11(17)16-10;/h1-2,4-5H,3,6-7,13H2,(H,14,18)(H,15,16,17);1H. The Morgan fingerprint density at radius 2 is 2.11 bits per heavy atom. The molecule has 0 bridgehead atoms. The fourth-order valence-corrected chi connectivity index (χ4v) is 1.58. The number of halogens is 1. The summed E-state index contributed by atoms with van der Waals surface area (Å²) in [4.78, 5) is 30.1. The van der Waals surface area contributed by atoms with Crippen LogP contribution in [0.15, 0.2) is 29.1 Å². The Kier molecular flexibility index (Phi) is 5.47. The second-order valence-corrected chi connectivity index (χ2v) is 3.83. The van der Waals surface area contributed by atoms with E-state index in [1.165, 1.54) is 0 Å². The number of aromatic amines is 1. The number of aromatic nitrogens is 2. The summed E-state index contributed by atoms with van der Waals surface area (Å²) in [6, 6.07) is 6.88.